The monoisotopic (exact) mass is 320 g/mol. The molecule has 2 aromatic carbocycles. The minimum absolute atomic E-state index is 0.0535. The van der Waals surface area contributed by atoms with Crippen molar-refractivity contribution in [2.75, 3.05) is 0 Å². The summed E-state index contributed by atoms with van der Waals surface area (Å²) >= 11 is 0. The third-order valence-corrected chi connectivity index (χ3v) is 6.06. The minimum Gasteiger partial charge on any atom is -0.508 e. The Morgan fingerprint density at radius 3 is 1.95 bits per heavy atom. The molecule has 4 nitrogen and oxygen atoms in total. The van der Waals surface area contributed by atoms with Crippen molar-refractivity contribution < 1.29 is 18.6 Å². The molecule has 0 radical (unpaired) electrons. The molecule has 0 unspecified atom stereocenters. The zero-order valence-electron chi connectivity index (χ0n) is 13.4. The number of phenolic OH excluding ortho intramolecular Hbond substituents is 2. The Morgan fingerprint density at radius 1 is 0.773 bits per heavy atom. The molecule has 0 aliphatic carbocycles. The van der Waals surface area contributed by atoms with Gasteiger partial charge in [-0.15, -0.1) is 0 Å². The van der Waals surface area contributed by atoms with Crippen molar-refractivity contribution >= 4 is 9.84 Å². The normalized spacial score (nSPS) is 11.7. The van der Waals surface area contributed by atoms with E-state index in [0.29, 0.717) is 22.3 Å². The number of sulfone groups is 1. The number of benzene rings is 2. The number of aryl methyl sites for hydroxylation is 4. The van der Waals surface area contributed by atoms with Gasteiger partial charge in [0.2, 0.25) is 9.84 Å². The molecule has 0 bridgehead atoms. The smallest absolute Gasteiger partial charge is 0.210 e. The summed E-state index contributed by atoms with van der Waals surface area (Å²) in [5.74, 6) is -0.161. The van der Waals surface area contributed by atoms with Crippen molar-refractivity contribution in [3.63, 3.8) is 0 Å². The van der Waals surface area contributed by atoms with Gasteiger partial charge in [-0.3, -0.25) is 0 Å². The quantitative estimate of drug-likeness (QED) is 0.888. The van der Waals surface area contributed by atoms with Crippen molar-refractivity contribution in [2.24, 2.45) is 0 Å². The minimum atomic E-state index is -3.88. The highest BCUT2D eigenvalue weighted by atomic mass is 32.2. The fourth-order valence-electron chi connectivity index (χ4n) is 2.54. The summed E-state index contributed by atoms with van der Waals surface area (Å²) in [6, 6.07) is 4.63. The molecule has 0 heterocycles. The highest BCUT2D eigenvalue weighted by Gasteiger charge is 2.28. The van der Waals surface area contributed by atoms with Gasteiger partial charge in [0, 0.05) is 0 Å². The number of aromatic hydroxyl groups is 2. The van der Waals surface area contributed by atoms with Crippen molar-refractivity contribution in [2.45, 2.75) is 44.4 Å². The zero-order valence-corrected chi connectivity index (χ0v) is 14.2. The second kappa shape index (κ2) is 5.32. The average molecular weight is 320 g/mol. The Kier molecular flexibility index (Phi) is 3.96. The molecule has 5 heteroatoms. The maximum Gasteiger partial charge on any atom is 0.210 e. The molecule has 0 spiro atoms. The van der Waals surface area contributed by atoms with Gasteiger partial charge in [-0.1, -0.05) is 6.07 Å². The first-order valence-electron chi connectivity index (χ1n) is 6.92. The lowest BCUT2D eigenvalue weighted by molar-refractivity contribution is 0.453. The predicted octanol–water partition coefficient (Wildman–Crippen LogP) is 3.47. The molecule has 0 saturated carbocycles. The Morgan fingerprint density at radius 2 is 1.36 bits per heavy atom. The van der Waals surface area contributed by atoms with Crippen LogP contribution in [0, 0.1) is 34.6 Å². The van der Waals surface area contributed by atoms with Crippen molar-refractivity contribution in [1.82, 2.24) is 0 Å². The van der Waals surface area contributed by atoms with Gasteiger partial charge in [0.05, 0.1) is 4.90 Å². The van der Waals surface area contributed by atoms with E-state index < -0.39 is 9.84 Å². The van der Waals surface area contributed by atoms with E-state index in [0.717, 1.165) is 5.56 Å². The van der Waals surface area contributed by atoms with Gasteiger partial charge in [-0.05, 0) is 74.6 Å². The van der Waals surface area contributed by atoms with Gasteiger partial charge < -0.3 is 10.2 Å². The fraction of sp³-hybridized carbons (Fsp3) is 0.294. The molecule has 22 heavy (non-hydrogen) atoms. The molecule has 2 aromatic rings. The van der Waals surface area contributed by atoms with Crippen LogP contribution in [0.4, 0.5) is 0 Å². The van der Waals surface area contributed by atoms with Crippen molar-refractivity contribution in [1.29, 1.82) is 0 Å². The predicted molar refractivity (Wildman–Crippen MR) is 85.4 cm³/mol. The summed E-state index contributed by atoms with van der Waals surface area (Å²) in [5, 5.41) is 20.0. The maximum atomic E-state index is 13.0. The van der Waals surface area contributed by atoms with Crippen LogP contribution in [0.3, 0.4) is 0 Å². The lowest BCUT2D eigenvalue weighted by atomic mass is 10.1. The van der Waals surface area contributed by atoms with E-state index in [4.69, 9.17) is 0 Å². The summed E-state index contributed by atoms with van der Waals surface area (Å²) < 4.78 is 26.0. The lowest BCUT2D eigenvalue weighted by Gasteiger charge is -2.16. The molecule has 0 aliphatic heterocycles. The SMILES string of the molecule is Cc1cc(S(=O)(=O)c2c(C)c(C)cc(C)c2O)c(C)cc1O. The molecule has 0 aliphatic rings. The first kappa shape index (κ1) is 16.4. The second-order valence-electron chi connectivity index (χ2n) is 5.72. The molecular formula is C17H20O4S. The van der Waals surface area contributed by atoms with E-state index in [-0.39, 0.29) is 21.3 Å². The van der Waals surface area contributed by atoms with Gasteiger partial charge in [-0.25, -0.2) is 8.42 Å². The first-order chi connectivity index (χ1) is 10.1. The number of hydrogen-bond acceptors (Lipinski definition) is 4. The van der Waals surface area contributed by atoms with Crippen LogP contribution in [-0.4, -0.2) is 18.6 Å². The largest absolute Gasteiger partial charge is 0.508 e. The van der Waals surface area contributed by atoms with Gasteiger partial charge >= 0.3 is 0 Å². The van der Waals surface area contributed by atoms with E-state index in [1.54, 1.807) is 33.8 Å². The standard InChI is InChI=1S/C17H20O4S/c1-9-6-12(4)16(19)17(13(9)5)22(20,21)15-8-10(2)14(18)7-11(15)3/h6-8,18-19H,1-5H3. The molecule has 0 amide bonds. The summed E-state index contributed by atoms with van der Waals surface area (Å²) in [5.41, 5.74) is 2.79. The lowest BCUT2D eigenvalue weighted by Crippen LogP contribution is -2.08. The van der Waals surface area contributed by atoms with Gasteiger partial charge in [0.1, 0.15) is 16.4 Å². The Balaban J connectivity index is 2.86. The van der Waals surface area contributed by atoms with E-state index in [2.05, 4.69) is 0 Å². The van der Waals surface area contributed by atoms with Gasteiger partial charge in [0.25, 0.3) is 0 Å². The summed E-state index contributed by atoms with van der Waals surface area (Å²) in [6.45, 7) is 8.44. The topological polar surface area (TPSA) is 74.6 Å². The van der Waals surface area contributed by atoms with E-state index in [9.17, 15) is 18.6 Å². The highest BCUT2D eigenvalue weighted by Crippen LogP contribution is 2.38. The van der Waals surface area contributed by atoms with Crippen LogP contribution >= 0.6 is 0 Å². The van der Waals surface area contributed by atoms with Crippen LogP contribution in [0.5, 0.6) is 11.5 Å². The van der Waals surface area contributed by atoms with Crippen LogP contribution < -0.4 is 0 Å². The van der Waals surface area contributed by atoms with Crippen LogP contribution in [0.2, 0.25) is 0 Å². The Hall–Kier alpha value is -2.01. The number of phenols is 2. The fourth-order valence-corrected chi connectivity index (χ4v) is 4.55. The van der Waals surface area contributed by atoms with Crippen LogP contribution in [0.15, 0.2) is 28.0 Å². The number of hydrogen-bond donors (Lipinski definition) is 2. The summed E-state index contributed by atoms with van der Waals surface area (Å²) in [6.07, 6.45) is 0. The van der Waals surface area contributed by atoms with E-state index in [1.807, 2.05) is 6.92 Å². The third kappa shape index (κ3) is 2.46. The van der Waals surface area contributed by atoms with Crippen molar-refractivity contribution in [3.8, 4) is 11.5 Å². The van der Waals surface area contributed by atoms with Gasteiger partial charge in [-0.2, -0.15) is 0 Å². The Bertz CT molecular complexity index is 839. The molecular weight excluding hydrogens is 300 g/mol. The molecule has 2 rings (SSSR count). The molecule has 2 N–H and O–H groups in total. The van der Waals surface area contributed by atoms with Crippen molar-refractivity contribution in [3.05, 3.63) is 46.0 Å². The maximum absolute atomic E-state index is 13.0. The van der Waals surface area contributed by atoms with Crippen LogP contribution in [0.1, 0.15) is 27.8 Å². The highest BCUT2D eigenvalue weighted by molar-refractivity contribution is 7.91. The first-order valence-corrected chi connectivity index (χ1v) is 8.40. The number of rotatable bonds is 2. The van der Waals surface area contributed by atoms with E-state index >= 15 is 0 Å². The van der Waals surface area contributed by atoms with Crippen LogP contribution in [-0.2, 0) is 9.84 Å². The Labute approximate surface area is 131 Å². The third-order valence-electron chi connectivity index (χ3n) is 4.01. The average Bonchev–Trinajstić information content (AvgIpc) is 2.40. The summed E-state index contributed by atoms with van der Waals surface area (Å²) in [4.78, 5) is 0.0457. The molecule has 118 valence electrons. The zero-order chi connectivity index (χ0) is 16.8. The molecule has 0 atom stereocenters. The molecule has 0 saturated heterocycles. The van der Waals surface area contributed by atoms with E-state index in [1.165, 1.54) is 12.1 Å². The van der Waals surface area contributed by atoms with Gasteiger partial charge in [0.15, 0.2) is 0 Å². The van der Waals surface area contributed by atoms with Crippen LogP contribution in [0.25, 0.3) is 0 Å². The molecule has 0 fully saturated rings. The summed E-state index contributed by atoms with van der Waals surface area (Å²) in [7, 11) is -3.88. The second-order valence-corrected chi connectivity index (χ2v) is 7.58. The molecule has 0 aromatic heterocycles.